The Bertz CT molecular complexity index is 836. The van der Waals surface area contributed by atoms with Crippen molar-refractivity contribution < 1.29 is 9.53 Å². The molecule has 2 heterocycles. The van der Waals surface area contributed by atoms with Gasteiger partial charge in [0.2, 0.25) is 5.95 Å². The van der Waals surface area contributed by atoms with Crippen molar-refractivity contribution in [3.8, 4) is 5.75 Å². The summed E-state index contributed by atoms with van der Waals surface area (Å²) in [6, 6.07) is 8.79. The second-order valence-corrected chi connectivity index (χ2v) is 6.49. The molecule has 0 aliphatic heterocycles. The molecule has 0 unspecified atom stereocenters. The first-order chi connectivity index (χ1) is 12.7. The van der Waals surface area contributed by atoms with Crippen molar-refractivity contribution in [3.63, 3.8) is 0 Å². The van der Waals surface area contributed by atoms with Gasteiger partial charge in [0.05, 0.1) is 10.7 Å². The minimum Gasteiger partial charge on any atom is -0.487 e. The molecule has 0 saturated carbocycles. The lowest BCUT2D eigenvalue weighted by atomic mass is 10.2. The van der Waals surface area contributed by atoms with Gasteiger partial charge in [0.1, 0.15) is 12.4 Å². The number of carbonyl (C=O) groups is 1. The Balaban J connectivity index is 1.41. The number of hydrogen-bond acceptors (Lipinski definition) is 7. The van der Waals surface area contributed by atoms with Gasteiger partial charge < -0.3 is 15.4 Å². The van der Waals surface area contributed by atoms with E-state index >= 15 is 0 Å². The molecule has 0 aliphatic rings. The topological polar surface area (TPSA) is 89.0 Å². The second kappa shape index (κ2) is 8.91. The zero-order valence-electron chi connectivity index (χ0n) is 14.3. The number of benzene rings is 1. The average Bonchev–Trinajstić information content (AvgIpc) is 3.10. The maximum atomic E-state index is 12.1. The van der Waals surface area contributed by atoms with E-state index in [0.29, 0.717) is 37.0 Å². The zero-order valence-corrected chi connectivity index (χ0v) is 15.1. The average molecular weight is 369 g/mol. The molecular weight excluding hydrogens is 350 g/mol. The first-order valence-corrected chi connectivity index (χ1v) is 9.01. The van der Waals surface area contributed by atoms with Gasteiger partial charge in [-0.2, -0.15) is 0 Å². The predicted molar refractivity (Wildman–Crippen MR) is 100 cm³/mol. The molecule has 26 heavy (non-hydrogen) atoms. The molecular formula is C18H19N5O2S. The van der Waals surface area contributed by atoms with Gasteiger partial charge in [-0.05, 0) is 37.3 Å². The standard InChI is InChI=1S/C18H19N5O2S/c1-13-23-15(12-26-13)11-25-16-5-3-14(4-6-16)17(24)19-9-10-22-18-20-7-2-8-21-18/h2-8,12H,9-11H2,1H3,(H,19,24)(H,20,21,22). The monoisotopic (exact) mass is 369 g/mol. The van der Waals surface area contributed by atoms with Crippen molar-refractivity contribution >= 4 is 23.2 Å². The maximum absolute atomic E-state index is 12.1. The summed E-state index contributed by atoms with van der Waals surface area (Å²) in [5, 5.41) is 8.87. The summed E-state index contributed by atoms with van der Waals surface area (Å²) < 4.78 is 5.68. The number of aromatic nitrogens is 3. The SMILES string of the molecule is Cc1nc(COc2ccc(C(=O)NCCNc3ncccn3)cc2)cs1. The highest BCUT2D eigenvalue weighted by Gasteiger charge is 2.06. The highest BCUT2D eigenvalue weighted by Crippen LogP contribution is 2.15. The van der Waals surface area contributed by atoms with Gasteiger partial charge in [0.25, 0.3) is 5.91 Å². The molecule has 1 aromatic carbocycles. The van der Waals surface area contributed by atoms with Crippen LogP contribution in [0.15, 0.2) is 48.1 Å². The summed E-state index contributed by atoms with van der Waals surface area (Å²) in [6.07, 6.45) is 3.32. The first-order valence-electron chi connectivity index (χ1n) is 8.13. The van der Waals surface area contributed by atoms with Gasteiger partial charge in [-0.25, -0.2) is 15.0 Å². The molecule has 0 atom stereocenters. The van der Waals surface area contributed by atoms with Gasteiger partial charge in [-0.1, -0.05) is 0 Å². The lowest BCUT2D eigenvalue weighted by Crippen LogP contribution is -2.29. The van der Waals surface area contributed by atoms with Crippen LogP contribution in [0.5, 0.6) is 5.75 Å². The number of nitrogens with zero attached hydrogens (tertiary/aromatic N) is 3. The highest BCUT2D eigenvalue weighted by molar-refractivity contribution is 7.09. The van der Waals surface area contributed by atoms with E-state index in [-0.39, 0.29) is 5.91 Å². The Kier molecular flexibility index (Phi) is 6.10. The number of nitrogens with one attached hydrogen (secondary N) is 2. The van der Waals surface area contributed by atoms with E-state index in [1.165, 1.54) is 0 Å². The summed E-state index contributed by atoms with van der Waals surface area (Å²) >= 11 is 1.60. The van der Waals surface area contributed by atoms with E-state index in [9.17, 15) is 4.79 Å². The molecule has 0 saturated heterocycles. The number of thiazole rings is 1. The van der Waals surface area contributed by atoms with Gasteiger partial charge in [0, 0.05) is 36.4 Å². The van der Waals surface area contributed by atoms with Crippen LogP contribution < -0.4 is 15.4 Å². The molecule has 1 amide bonds. The number of carbonyl (C=O) groups excluding carboxylic acids is 1. The Labute approximate surface area is 155 Å². The fraction of sp³-hybridized carbons (Fsp3) is 0.222. The van der Waals surface area contributed by atoms with Crippen LogP contribution in [-0.4, -0.2) is 33.9 Å². The third kappa shape index (κ3) is 5.25. The van der Waals surface area contributed by atoms with Crippen LogP contribution in [0, 0.1) is 6.92 Å². The van der Waals surface area contributed by atoms with E-state index in [2.05, 4.69) is 25.6 Å². The summed E-state index contributed by atoms with van der Waals surface area (Å²) in [4.78, 5) is 24.6. The molecule has 0 radical (unpaired) electrons. The molecule has 0 bridgehead atoms. The van der Waals surface area contributed by atoms with Gasteiger partial charge in [-0.15, -0.1) is 11.3 Å². The second-order valence-electron chi connectivity index (χ2n) is 5.43. The van der Waals surface area contributed by atoms with E-state index in [0.717, 1.165) is 10.7 Å². The van der Waals surface area contributed by atoms with Crippen LogP contribution in [-0.2, 0) is 6.61 Å². The van der Waals surface area contributed by atoms with Crippen LogP contribution in [0.25, 0.3) is 0 Å². The first kappa shape index (κ1) is 17.8. The van der Waals surface area contributed by atoms with Crippen molar-refractivity contribution in [1.29, 1.82) is 0 Å². The van der Waals surface area contributed by atoms with Crippen molar-refractivity contribution in [1.82, 2.24) is 20.3 Å². The summed E-state index contributed by atoms with van der Waals surface area (Å²) in [5.74, 6) is 1.11. The molecule has 8 heteroatoms. The van der Waals surface area contributed by atoms with E-state index < -0.39 is 0 Å². The van der Waals surface area contributed by atoms with Gasteiger partial charge >= 0.3 is 0 Å². The maximum Gasteiger partial charge on any atom is 0.251 e. The molecule has 0 fully saturated rings. The number of hydrogen-bond donors (Lipinski definition) is 2. The number of anilines is 1. The minimum atomic E-state index is -0.137. The molecule has 0 aliphatic carbocycles. The Hall–Kier alpha value is -3.00. The third-order valence-corrected chi connectivity index (χ3v) is 4.25. The molecule has 2 N–H and O–H groups in total. The lowest BCUT2D eigenvalue weighted by molar-refractivity contribution is 0.0955. The number of rotatable bonds is 8. The molecule has 134 valence electrons. The summed E-state index contributed by atoms with van der Waals surface area (Å²) in [7, 11) is 0. The molecule has 2 aromatic heterocycles. The van der Waals surface area contributed by atoms with Crippen LogP contribution in [0.3, 0.4) is 0 Å². The van der Waals surface area contributed by atoms with E-state index in [1.54, 1.807) is 54.1 Å². The van der Waals surface area contributed by atoms with Crippen LogP contribution in [0.1, 0.15) is 21.1 Å². The Morgan fingerprint density at radius 3 is 2.62 bits per heavy atom. The van der Waals surface area contributed by atoms with Crippen molar-refractivity contribution in [2.45, 2.75) is 13.5 Å². The molecule has 0 spiro atoms. The van der Waals surface area contributed by atoms with Crippen LogP contribution in [0.2, 0.25) is 0 Å². The van der Waals surface area contributed by atoms with Gasteiger partial charge in [0.15, 0.2) is 0 Å². The van der Waals surface area contributed by atoms with E-state index in [1.807, 2.05) is 12.3 Å². The van der Waals surface area contributed by atoms with Crippen LogP contribution in [0.4, 0.5) is 5.95 Å². The molecule has 3 aromatic rings. The van der Waals surface area contributed by atoms with Crippen molar-refractivity contribution in [2.75, 3.05) is 18.4 Å². The number of ether oxygens (including phenoxy) is 1. The van der Waals surface area contributed by atoms with Crippen molar-refractivity contribution in [3.05, 3.63) is 64.4 Å². The number of aryl methyl sites for hydroxylation is 1. The smallest absolute Gasteiger partial charge is 0.251 e. The Morgan fingerprint density at radius 2 is 1.92 bits per heavy atom. The predicted octanol–water partition coefficient (Wildman–Crippen LogP) is 2.66. The van der Waals surface area contributed by atoms with E-state index in [4.69, 9.17) is 4.74 Å². The fourth-order valence-electron chi connectivity index (χ4n) is 2.18. The normalized spacial score (nSPS) is 10.3. The lowest BCUT2D eigenvalue weighted by Gasteiger charge is -2.08. The fourth-order valence-corrected chi connectivity index (χ4v) is 2.77. The van der Waals surface area contributed by atoms with Crippen molar-refractivity contribution in [2.24, 2.45) is 0 Å². The highest BCUT2D eigenvalue weighted by atomic mass is 32.1. The van der Waals surface area contributed by atoms with Crippen LogP contribution >= 0.6 is 11.3 Å². The Morgan fingerprint density at radius 1 is 1.15 bits per heavy atom. The zero-order chi connectivity index (χ0) is 18.2. The molecule has 7 nitrogen and oxygen atoms in total. The summed E-state index contributed by atoms with van der Waals surface area (Å²) in [5.41, 5.74) is 1.49. The van der Waals surface area contributed by atoms with Gasteiger partial charge in [-0.3, -0.25) is 4.79 Å². The molecule has 3 rings (SSSR count). The largest absolute Gasteiger partial charge is 0.487 e. The quantitative estimate of drug-likeness (QED) is 0.594. The summed E-state index contributed by atoms with van der Waals surface area (Å²) in [6.45, 7) is 3.40. The third-order valence-electron chi connectivity index (χ3n) is 3.43. The number of amides is 1. The minimum absolute atomic E-state index is 0.137.